The first-order chi connectivity index (χ1) is 10.7. The summed E-state index contributed by atoms with van der Waals surface area (Å²) in [5.74, 6) is 0.265. The number of carbonyl (C=O) groups is 1. The number of aromatic nitrogens is 1. The number of rotatable bonds is 1. The van der Waals surface area contributed by atoms with Gasteiger partial charge in [-0.1, -0.05) is 19.1 Å². The molecule has 2 aromatic rings. The summed E-state index contributed by atoms with van der Waals surface area (Å²) in [6, 6.07) is 12.8. The molecule has 2 aliphatic heterocycles. The molecular formula is C18H21N3O. The maximum absolute atomic E-state index is 11.9. The van der Waals surface area contributed by atoms with E-state index in [1.54, 1.807) is 0 Å². The zero-order valence-corrected chi connectivity index (χ0v) is 12.9. The van der Waals surface area contributed by atoms with Crippen molar-refractivity contribution >= 4 is 11.6 Å². The summed E-state index contributed by atoms with van der Waals surface area (Å²) < 4.78 is 2.29. The van der Waals surface area contributed by atoms with E-state index in [0.29, 0.717) is 6.42 Å². The zero-order chi connectivity index (χ0) is 15.2. The van der Waals surface area contributed by atoms with Gasteiger partial charge in [0.25, 0.3) is 0 Å². The third-order valence-electron chi connectivity index (χ3n) is 5.05. The second-order valence-corrected chi connectivity index (χ2v) is 6.22. The van der Waals surface area contributed by atoms with Crippen LogP contribution in [0.4, 0.5) is 5.69 Å². The van der Waals surface area contributed by atoms with Gasteiger partial charge in [0.1, 0.15) is 0 Å². The molecule has 1 aromatic heterocycles. The van der Waals surface area contributed by atoms with Gasteiger partial charge < -0.3 is 14.8 Å². The molecule has 0 atom stereocenters. The number of hydrogen-bond acceptors (Lipinski definition) is 2. The largest absolute Gasteiger partial charge is 0.372 e. The van der Waals surface area contributed by atoms with Gasteiger partial charge in [-0.15, -0.1) is 0 Å². The highest BCUT2D eigenvalue weighted by Crippen LogP contribution is 2.43. The molecule has 0 radical (unpaired) electrons. The van der Waals surface area contributed by atoms with E-state index >= 15 is 0 Å². The molecule has 0 aliphatic carbocycles. The molecule has 114 valence electrons. The minimum Gasteiger partial charge on any atom is -0.372 e. The van der Waals surface area contributed by atoms with E-state index in [9.17, 15) is 4.79 Å². The Hall–Kier alpha value is -2.23. The van der Waals surface area contributed by atoms with Crippen LogP contribution in [0.5, 0.6) is 0 Å². The zero-order valence-electron chi connectivity index (χ0n) is 12.9. The molecule has 1 saturated heterocycles. The van der Waals surface area contributed by atoms with E-state index in [0.717, 1.165) is 25.9 Å². The average Bonchev–Trinajstić information content (AvgIpc) is 3.06. The van der Waals surface area contributed by atoms with Gasteiger partial charge >= 0.3 is 0 Å². The number of likely N-dealkylation sites (tertiary alicyclic amines) is 1. The lowest BCUT2D eigenvalue weighted by Crippen LogP contribution is -2.50. The van der Waals surface area contributed by atoms with E-state index in [4.69, 9.17) is 0 Å². The van der Waals surface area contributed by atoms with Gasteiger partial charge in [0.15, 0.2) is 0 Å². The SMILES string of the molecule is CCC(=O)N1CCC2(CC1)Nc1ccccc1-n1cccc12. The van der Waals surface area contributed by atoms with Crippen molar-refractivity contribution in [3.05, 3.63) is 48.3 Å². The van der Waals surface area contributed by atoms with Crippen LogP contribution in [-0.2, 0) is 10.3 Å². The Morgan fingerprint density at radius 1 is 1.18 bits per heavy atom. The molecular weight excluding hydrogens is 274 g/mol. The van der Waals surface area contributed by atoms with Crippen LogP contribution < -0.4 is 5.32 Å². The third kappa shape index (κ3) is 1.86. The van der Waals surface area contributed by atoms with Gasteiger partial charge in [-0.05, 0) is 37.1 Å². The molecule has 4 heteroatoms. The number of carbonyl (C=O) groups excluding carboxylic acids is 1. The molecule has 4 nitrogen and oxygen atoms in total. The van der Waals surface area contributed by atoms with Crippen LogP contribution in [0.25, 0.3) is 5.69 Å². The first-order valence-electron chi connectivity index (χ1n) is 8.07. The van der Waals surface area contributed by atoms with Crippen LogP contribution in [-0.4, -0.2) is 28.5 Å². The van der Waals surface area contributed by atoms with Crippen molar-refractivity contribution in [2.24, 2.45) is 0 Å². The summed E-state index contributed by atoms with van der Waals surface area (Å²) in [5, 5.41) is 3.77. The number of nitrogens with zero attached hydrogens (tertiary/aromatic N) is 2. The van der Waals surface area contributed by atoms with Crippen LogP contribution in [0.15, 0.2) is 42.6 Å². The molecule has 0 bridgehead atoms. The lowest BCUT2D eigenvalue weighted by Gasteiger charge is -2.46. The Bertz CT molecular complexity index is 711. The standard InChI is InChI=1S/C18H21N3O/c1-2-17(22)20-12-9-18(10-13-20)16-8-5-11-21(16)15-7-4-3-6-14(15)19-18/h3-8,11,19H,2,9-10,12-13H2,1H3. The number of amides is 1. The Kier molecular flexibility index (Phi) is 2.99. The van der Waals surface area contributed by atoms with E-state index < -0.39 is 0 Å². The monoisotopic (exact) mass is 295 g/mol. The molecule has 3 heterocycles. The summed E-state index contributed by atoms with van der Waals surface area (Å²) in [7, 11) is 0. The first-order valence-corrected chi connectivity index (χ1v) is 8.07. The lowest BCUT2D eigenvalue weighted by atomic mass is 9.82. The number of nitrogens with one attached hydrogen (secondary N) is 1. The summed E-state index contributed by atoms with van der Waals surface area (Å²) >= 11 is 0. The van der Waals surface area contributed by atoms with Crippen LogP contribution in [0.1, 0.15) is 31.9 Å². The summed E-state index contributed by atoms with van der Waals surface area (Å²) in [5.41, 5.74) is 3.65. The van der Waals surface area contributed by atoms with Crippen molar-refractivity contribution < 1.29 is 4.79 Å². The fourth-order valence-corrected chi connectivity index (χ4v) is 3.83. The minimum atomic E-state index is -0.0532. The maximum atomic E-state index is 11.9. The van der Waals surface area contributed by atoms with Crippen LogP contribution in [0.3, 0.4) is 0 Å². The first kappa shape index (κ1) is 13.4. The van der Waals surface area contributed by atoms with Crippen molar-refractivity contribution in [3.8, 4) is 5.69 Å². The van der Waals surface area contributed by atoms with E-state index in [1.165, 1.54) is 17.1 Å². The van der Waals surface area contributed by atoms with Crippen molar-refractivity contribution in [2.45, 2.75) is 31.7 Å². The highest BCUT2D eigenvalue weighted by Gasteiger charge is 2.41. The Morgan fingerprint density at radius 2 is 1.95 bits per heavy atom. The molecule has 1 spiro atoms. The van der Waals surface area contributed by atoms with Gasteiger partial charge in [-0.2, -0.15) is 0 Å². The molecule has 1 amide bonds. The molecule has 22 heavy (non-hydrogen) atoms. The van der Waals surface area contributed by atoms with E-state index in [-0.39, 0.29) is 11.4 Å². The second kappa shape index (κ2) is 4.90. The number of piperidine rings is 1. The van der Waals surface area contributed by atoms with Crippen LogP contribution in [0, 0.1) is 0 Å². The van der Waals surface area contributed by atoms with Gasteiger partial charge in [0.05, 0.1) is 16.9 Å². The second-order valence-electron chi connectivity index (χ2n) is 6.22. The smallest absolute Gasteiger partial charge is 0.222 e. The molecule has 0 unspecified atom stereocenters. The summed E-state index contributed by atoms with van der Waals surface area (Å²) in [4.78, 5) is 13.9. The van der Waals surface area contributed by atoms with Gasteiger partial charge in [0, 0.05) is 31.4 Å². The van der Waals surface area contributed by atoms with Crippen LogP contribution >= 0.6 is 0 Å². The predicted molar refractivity (Wildman–Crippen MR) is 87.2 cm³/mol. The molecule has 4 rings (SSSR count). The van der Waals surface area contributed by atoms with Gasteiger partial charge in [0.2, 0.25) is 5.91 Å². The van der Waals surface area contributed by atoms with E-state index in [2.05, 4.69) is 52.5 Å². The number of anilines is 1. The number of benzene rings is 1. The lowest BCUT2D eigenvalue weighted by molar-refractivity contribution is -0.132. The maximum Gasteiger partial charge on any atom is 0.222 e. The van der Waals surface area contributed by atoms with E-state index in [1.807, 2.05) is 11.8 Å². The Balaban J connectivity index is 1.69. The average molecular weight is 295 g/mol. The summed E-state index contributed by atoms with van der Waals surface area (Å²) in [6.07, 6.45) is 4.65. The molecule has 1 N–H and O–H groups in total. The van der Waals surface area contributed by atoms with Crippen molar-refractivity contribution in [1.82, 2.24) is 9.47 Å². The van der Waals surface area contributed by atoms with Crippen molar-refractivity contribution in [2.75, 3.05) is 18.4 Å². The normalized spacial score (nSPS) is 18.5. The molecule has 2 aliphatic rings. The van der Waals surface area contributed by atoms with Crippen LogP contribution in [0.2, 0.25) is 0 Å². The predicted octanol–water partition coefficient (Wildman–Crippen LogP) is 3.13. The Labute approximate surface area is 130 Å². The topological polar surface area (TPSA) is 37.3 Å². The van der Waals surface area contributed by atoms with Gasteiger partial charge in [-0.25, -0.2) is 0 Å². The summed E-state index contributed by atoms with van der Waals surface area (Å²) in [6.45, 7) is 3.59. The Morgan fingerprint density at radius 3 is 2.73 bits per heavy atom. The molecule has 1 fully saturated rings. The molecule has 0 saturated carbocycles. The number of para-hydroxylation sites is 2. The van der Waals surface area contributed by atoms with Crippen molar-refractivity contribution in [3.63, 3.8) is 0 Å². The van der Waals surface area contributed by atoms with Crippen molar-refractivity contribution in [1.29, 1.82) is 0 Å². The quantitative estimate of drug-likeness (QED) is 0.877. The van der Waals surface area contributed by atoms with Gasteiger partial charge in [-0.3, -0.25) is 4.79 Å². The third-order valence-corrected chi connectivity index (χ3v) is 5.05. The number of hydrogen-bond donors (Lipinski definition) is 1. The molecule has 1 aromatic carbocycles. The highest BCUT2D eigenvalue weighted by molar-refractivity contribution is 5.76. The fraction of sp³-hybridized carbons (Fsp3) is 0.389. The fourth-order valence-electron chi connectivity index (χ4n) is 3.83. The minimum absolute atomic E-state index is 0.0532. The highest BCUT2D eigenvalue weighted by atomic mass is 16.2. The number of fused-ring (bicyclic) bond motifs is 4.